The van der Waals surface area contributed by atoms with Crippen molar-refractivity contribution in [1.29, 1.82) is 0 Å². The molecule has 5 heteroatoms. The maximum Gasteiger partial charge on any atom is 0.250 e. The first kappa shape index (κ1) is 13.2. The second-order valence-corrected chi connectivity index (χ2v) is 4.61. The topological polar surface area (TPSA) is 38.8 Å². The predicted octanol–water partition coefficient (Wildman–Crippen LogP) is 2.45. The Kier molecular flexibility index (Phi) is 4.44. The summed E-state index contributed by atoms with van der Waals surface area (Å²) >= 11 is 5.93. The number of halogens is 1. The molecule has 1 aromatic carbocycles. The van der Waals surface area contributed by atoms with Crippen LogP contribution in [-0.2, 0) is 16.1 Å². The number of hydrogen-bond acceptors (Lipinski definition) is 3. The van der Waals surface area contributed by atoms with Crippen molar-refractivity contribution in [3.63, 3.8) is 0 Å². The van der Waals surface area contributed by atoms with Gasteiger partial charge in [0.2, 0.25) is 0 Å². The first-order chi connectivity index (χ1) is 8.70. The lowest BCUT2D eigenvalue weighted by atomic mass is 10.1. The third-order valence-electron chi connectivity index (χ3n) is 2.86. The van der Waals surface area contributed by atoms with Crippen molar-refractivity contribution < 1.29 is 14.4 Å². The fourth-order valence-corrected chi connectivity index (χ4v) is 2.12. The van der Waals surface area contributed by atoms with E-state index >= 15 is 0 Å². The summed E-state index contributed by atoms with van der Waals surface area (Å²) < 4.78 is 5.22. The normalized spacial score (nSPS) is 15.6. The zero-order valence-corrected chi connectivity index (χ0v) is 11.1. The van der Waals surface area contributed by atoms with Crippen molar-refractivity contribution in [2.24, 2.45) is 0 Å². The van der Waals surface area contributed by atoms with Crippen LogP contribution >= 0.6 is 11.6 Å². The highest BCUT2D eigenvalue weighted by Crippen LogP contribution is 2.24. The molecule has 4 nitrogen and oxygen atoms in total. The zero-order chi connectivity index (χ0) is 13.0. The Balaban J connectivity index is 2.07. The molecular weight excluding hydrogens is 254 g/mol. The summed E-state index contributed by atoms with van der Waals surface area (Å²) in [6, 6.07) is 5.26. The molecule has 0 aliphatic carbocycles. The number of carbonyl (C=O) groups is 1. The van der Waals surface area contributed by atoms with Crippen molar-refractivity contribution in [3.8, 4) is 5.75 Å². The number of hydroxylamine groups is 2. The lowest BCUT2D eigenvalue weighted by Crippen LogP contribution is -2.36. The van der Waals surface area contributed by atoms with Crippen LogP contribution < -0.4 is 4.74 Å². The quantitative estimate of drug-likeness (QED) is 0.846. The van der Waals surface area contributed by atoms with Crippen LogP contribution in [-0.4, -0.2) is 31.2 Å². The largest absolute Gasteiger partial charge is 0.496 e. The van der Waals surface area contributed by atoms with E-state index in [-0.39, 0.29) is 12.3 Å². The lowest BCUT2D eigenvalue weighted by molar-refractivity contribution is -0.196. The van der Waals surface area contributed by atoms with Crippen LogP contribution in [0, 0.1) is 0 Å². The summed E-state index contributed by atoms with van der Waals surface area (Å²) in [4.78, 5) is 17.4. The Morgan fingerprint density at radius 1 is 1.50 bits per heavy atom. The Bertz CT molecular complexity index is 430. The second kappa shape index (κ2) is 6.07. The molecule has 1 aliphatic rings. The van der Waals surface area contributed by atoms with Gasteiger partial charge in [0.15, 0.2) is 0 Å². The monoisotopic (exact) mass is 269 g/mol. The highest BCUT2D eigenvalue weighted by molar-refractivity contribution is 6.30. The van der Waals surface area contributed by atoms with Crippen LogP contribution in [0.2, 0.25) is 5.02 Å². The summed E-state index contributed by atoms with van der Waals surface area (Å²) in [7, 11) is 1.58. The van der Waals surface area contributed by atoms with Crippen molar-refractivity contribution in [2.75, 3.05) is 20.3 Å². The summed E-state index contributed by atoms with van der Waals surface area (Å²) in [6.45, 7) is 1.26. The molecule has 0 aromatic heterocycles. The molecule has 0 radical (unpaired) electrons. The van der Waals surface area contributed by atoms with E-state index in [9.17, 15) is 4.79 Å². The van der Waals surface area contributed by atoms with Gasteiger partial charge in [-0.1, -0.05) is 11.6 Å². The molecule has 0 bridgehead atoms. The molecule has 1 saturated heterocycles. The molecule has 1 aromatic rings. The van der Waals surface area contributed by atoms with Crippen LogP contribution in [0.5, 0.6) is 5.75 Å². The maximum atomic E-state index is 12.0. The van der Waals surface area contributed by atoms with E-state index in [1.807, 2.05) is 0 Å². The van der Waals surface area contributed by atoms with E-state index in [0.29, 0.717) is 23.9 Å². The number of rotatable bonds is 3. The average Bonchev–Trinajstić information content (AvgIpc) is 2.40. The van der Waals surface area contributed by atoms with Crippen LogP contribution in [0.25, 0.3) is 0 Å². The van der Waals surface area contributed by atoms with E-state index in [1.54, 1.807) is 25.3 Å². The Morgan fingerprint density at radius 2 is 2.33 bits per heavy atom. The molecule has 0 N–H and O–H groups in total. The lowest BCUT2D eigenvalue weighted by Gasteiger charge is -2.26. The van der Waals surface area contributed by atoms with E-state index < -0.39 is 0 Å². The molecule has 0 unspecified atom stereocenters. The minimum Gasteiger partial charge on any atom is -0.496 e. The van der Waals surface area contributed by atoms with Gasteiger partial charge in [0.05, 0.1) is 20.1 Å². The van der Waals surface area contributed by atoms with Gasteiger partial charge < -0.3 is 4.74 Å². The minimum atomic E-state index is -0.0599. The second-order valence-electron chi connectivity index (χ2n) is 4.17. The van der Waals surface area contributed by atoms with E-state index in [4.69, 9.17) is 21.2 Å². The van der Waals surface area contributed by atoms with E-state index in [0.717, 1.165) is 18.4 Å². The smallest absolute Gasteiger partial charge is 0.250 e. The number of methoxy groups -OCH3 is 1. The standard InChI is InChI=1S/C13H16ClNO3/c1-17-12-5-4-11(14)8-10(12)9-13(16)15-6-2-3-7-18-15/h4-5,8H,2-3,6-7,9H2,1H3. The van der Waals surface area contributed by atoms with Gasteiger partial charge >= 0.3 is 0 Å². The van der Waals surface area contributed by atoms with Crippen LogP contribution in [0.1, 0.15) is 18.4 Å². The zero-order valence-electron chi connectivity index (χ0n) is 10.3. The summed E-state index contributed by atoms with van der Waals surface area (Å²) in [5.41, 5.74) is 0.782. The molecule has 0 saturated carbocycles. The minimum absolute atomic E-state index is 0.0599. The van der Waals surface area contributed by atoms with Gasteiger partial charge in [-0.3, -0.25) is 9.63 Å². The molecule has 1 fully saturated rings. The Morgan fingerprint density at radius 3 is 3.00 bits per heavy atom. The van der Waals surface area contributed by atoms with Gasteiger partial charge in [-0.15, -0.1) is 0 Å². The predicted molar refractivity (Wildman–Crippen MR) is 68.6 cm³/mol. The number of carbonyl (C=O) groups excluding carboxylic acids is 1. The van der Waals surface area contributed by atoms with Gasteiger partial charge in [0.1, 0.15) is 5.75 Å². The van der Waals surface area contributed by atoms with Crippen molar-refractivity contribution in [2.45, 2.75) is 19.3 Å². The first-order valence-electron chi connectivity index (χ1n) is 5.96. The van der Waals surface area contributed by atoms with Crippen molar-refractivity contribution in [1.82, 2.24) is 5.06 Å². The third-order valence-corrected chi connectivity index (χ3v) is 3.10. The SMILES string of the molecule is COc1ccc(Cl)cc1CC(=O)N1CCCCO1. The van der Waals surface area contributed by atoms with Crippen LogP contribution in [0.15, 0.2) is 18.2 Å². The van der Waals surface area contributed by atoms with Gasteiger partial charge in [-0.25, -0.2) is 5.06 Å². The molecule has 0 atom stereocenters. The Hall–Kier alpha value is -1.26. The molecule has 1 heterocycles. The van der Waals surface area contributed by atoms with Gasteiger partial charge in [0.25, 0.3) is 5.91 Å². The summed E-state index contributed by atoms with van der Waals surface area (Å²) in [5, 5.41) is 2.03. The van der Waals surface area contributed by atoms with E-state index in [2.05, 4.69) is 0 Å². The third kappa shape index (κ3) is 3.15. The number of ether oxygens (including phenoxy) is 1. The van der Waals surface area contributed by atoms with Crippen LogP contribution in [0.3, 0.4) is 0 Å². The van der Waals surface area contributed by atoms with Crippen molar-refractivity contribution >= 4 is 17.5 Å². The van der Waals surface area contributed by atoms with E-state index in [1.165, 1.54) is 5.06 Å². The van der Waals surface area contributed by atoms with Crippen LogP contribution in [0.4, 0.5) is 0 Å². The molecule has 98 valence electrons. The summed E-state index contributed by atoms with van der Waals surface area (Å²) in [6.07, 6.45) is 2.23. The molecular formula is C13H16ClNO3. The fraction of sp³-hybridized carbons (Fsp3) is 0.462. The number of benzene rings is 1. The van der Waals surface area contributed by atoms with Gasteiger partial charge in [-0.2, -0.15) is 0 Å². The number of amides is 1. The molecule has 0 spiro atoms. The van der Waals surface area contributed by atoms with Gasteiger partial charge in [-0.05, 0) is 31.0 Å². The van der Waals surface area contributed by atoms with Crippen molar-refractivity contribution in [3.05, 3.63) is 28.8 Å². The molecule has 2 rings (SSSR count). The molecule has 18 heavy (non-hydrogen) atoms. The van der Waals surface area contributed by atoms with Gasteiger partial charge in [0, 0.05) is 17.1 Å². The maximum absolute atomic E-state index is 12.0. The highest BCUT2D eigenvalue weighted by Gasteiger charge is 2.19. The Labute approximate surface area is 111 Å². The fourth-order valence-electron chi connectivity index (χ4n) is 1.93. The summed E-state index contributed by atoms with van der Waals surface area (Å²) in [5.74, 6) is 0.611. The highest BCUT2D eigenvalue weighted by atomic mass is 35.5. The number of hydrogen-bond donors (Lipinski definition) is 0. The first-order valence-corrected chi connectivity index (χ1v) is 6.34. The number of nitrogens with zero attached hydrogens (tertiary/aromatic N) is 1. The molecule has 1 aliphatic heterocycles. The molecule has 1 amide bonds. The average molecular weight is 270 g/mol.